The Morgan fingerprint density at radius 3 is 2.19 bits per heavy atom. The molecule has 8 heteroatoms. The van der Waals surface area contributed by atoms with E-state index >= 15 is 0 Å². The number of aryl methyl sites for hydroxylation is 2. The molecule has 0 aliphatic heterocycles. The highest BCUT2D eigenvalue weighted by molar-refractivity contribution is 9.10. The van der Waals surface area contributed by atoms with E-state index < -0.39 is 22.5 Å². The summed E-state index contributed by atoms with van der Waals surface area (Å²) in [4.78, 5) is 12.8. The van der Waals surface area contributed by atoms with Gasteiger partial charge in [-0.25, -0.2) is 8.42 Å². The van der Waals surface area contributed by atoms with Crippen molar-refractivity contribution in [2.75, 3.05) is 23.3 Å². The number of carbonyl (C=O) groups excluding carboxylic acids is 1. The molecule has 0 saturated carbocycles. The zero-order valence-electron chi connectivity index (χ0n) is 17.4. The number of benzene rings is 3. The molecule has 1 amide bonds. The van der Waals surface area contributed by atoms with Gasteiger partial charge in [-0.05, 0) is 67.9 Å². The van der Waals surface area contributed by atoms with E-state index in [2.05, 4.69) is 21.2 Å². The Balaban J connectivity index is 2.00. The fraction of sp³-hybridized carbons (Fsp3) is 0.174. The summed E-state index contributed by atoms with van der Waals surface area (Å²) in [5.74, 6) is -0.242. The summed E-state index contributed by atoms with van der Waals surface area (Å²) in [6, 6.07) is 18.9. The van der Waals surface area contributed by atoms with Crippen LogP contribution in [0.25, 0.3) is 0 Å². The minimum atomic E-state index is -4.09. The molecule has 6 nitrogen and oxygen atoms in total. The highest BCUT2D eigenvalue weighted by Crippen LogP contribution is 2.31. The number of anilines is 2. The summed E-state index contributed by atoms with van der Waals surface area (Å²) in [6.45, 7) is 3.32. The van der Waals surface area contributed by atoms with E-state index in [0.717, 1.165) is 19.9 Å². The minimum Gasteiger partial charge on any atom is -0.495 e. The summed E-state index contributed by atoms with van der Waals surface area (Å²) < 4.78 is 34.5. The van der Waals surface area contributed by atoms with Gasteiger partial charge in [0, 0.05) is 10.2 Å². The zero-order valence-corrected chi connectivity index (χ0v) is 19.8. The number of carbonyl (C=O) groups is 1. The largest absolute Gasteiger partial charge is 0.495 e. The van der Waals surface area contributed by atoms with Crippen LogP contribution in [0, 0.1) is 13.8 Å². The Morgan fingerprint density at radius 1 is 0.968 bits per heavy atom. The van der Waals surface area contributed by atoms with Crippen LogP contribution in [0.1, 0.15) is 11.1 Å². The molecule has 31 heavy (non-hydrogen) atoms. The third-order valence-electron chi connectivity index (χ3n) is 4.62. The van der Waals surface area contributed by atoms with Crippen molar-refractivity contribution in [2.24, 2.45) is 0 Å². The molecule has 0 radical (unpaired) electrons. The Kier molecular flexibility index (Phi) is 7.02. The number of nitrogens with one attached hydrogen (secondary N) is 1. The molecule has 0 aromatic heterocycles. The first kappa shape index (κ1) is 22.8. The Morgan fingerprint density at radius 2 is 1.58 bits per heavy atom. The van der Waals surface area contributed by atoms with Crippen LogP contribution in [0.4, 0.5) is 11.4 Å². The van der Waals surface area contributed by atoms with Crippen molar-refractivity contribution < 1.29 is 17.9 Å². The molecule has 0 bridgehead atoms. The molecule has 3 rings (SSSR count). The molecule has 1 N–H and O–H groups in total. The fourth-order valence-electron chi connectivity index (χ4n) is 2.99. The maximum absolute atomic E-state index is 13.6. The summed E-state index contributed by atoms with van der Waals surface area (Å²) in [6.07, 6.45) is 0. The molecule has 0 fully saturated rings. The van der Waals surface area contributed by atoms with Gasteiger partial charge in [-0.2, -0.15) is 0 Å². The molecule has 0 heterocycles. The molecule has 0 saturated heterocycles. The predicted octanol–water partition coefficient (Wildman–Crippen LogP) is 4.91. The van der Waals surface area contributed by atoms with Crippen LogP contribution in [0.5, 0.6) is 5.75 Å². The number of hydrogen-bond acceptors (Lipinski definition) is 4. The number of amides is 1. The van der Waals surface area contributed by atoms with Crippen LogP contribution in [0.3, 0.4) is 0 Å². The van der Waals surface area contributed by atoms with E-state index in [1.54, 1.807) is 73.7 Å². The smallest absolute Gasteiger partial charge is 0.268 e. The zero-order chi connectivity index (χ0) is 22.6. The topological polar surface area (TPSA) is 75.7 Å². The number of nitrogens with zero attached hydrogens (tertiary/aromatic N) is 1. The molecule has 0 aliphatic carbocycles. The maximum atomic E-state index is 13.6. The van der Waals surface area contributed by atoms with Crippen LogP contribution >= 0.6 is 15.9 Å². The van der Waals surface area contributed by atoms with E-state index in [0.29, 0.717) is 11.4 Å². The van der Waals surface area contributed by atoms with Gasteiger partial charge < -0.3 is 10.1 Å². The van der Waals surface area contributed by atoms with E-state index in [1.807, 2.05) is 6.92 Å². The minimum absolute atomic E-state index is 0.00650. The lowest BCUT2D eigenvalue weighted by molar-refractivity contribution is -0.114. The lowest BCUT2D eigenvalue weighted by Crippen LogP contribution is -2.38. The molecule has 3 aromatic rings. The van der Waals surface area contributed by atoms with Gasteiger partial charge in [-0.15, -0.1) is 0 Å². The lowest BCUT2D eigenvalue weighted by atomic mass is 10.2. The Hall–Kier alpha value is -2.84. The van der Waals surface area contributed by atoms with Crippen molar-refractivity contribution in [3.8, 4) is 5.75 Å². The molecule has 0 unspecified atom stereocenters. The van der Waals surface area contributed by atoms with Crippen LogP contribution in [0.15, 0.2) is 76.1 Å². The van der Waals surface area contributed by atoms with Crippen LogP contribution in [0.2, 0.25) is 0 Å². The highest BCUT2D eigenvalue weighted by atomic mass is 79.9. The summed E-state index contributed by atoms with van der Waals surface area (Å²) in [5.41, 5.74) is 2.71. The second kappa shape index (κ2) is 9.53. The predicted molar refractivity (Wildman–Crippen MR) is 126 cm³/mol. The molecular weight excluding hydrogens is 480 g/mol. The molecule has 0 spiro atoms. The van der Waals surface area contributed by atoms with E-state index in [1.165, 1.54) is 7.11 Å². The van der Waals surface area contributed by atoms with Crippen molar-refractivity contribution in [3.63, 3.8) is 0 Å². The number of halogens is 1. The molecule has 0 atom stereocenters. The average Bonchev–Trinajstić information content (AvgIpc) is 2.74. The number of sulfonamides is 1. The van der Waals surface area contributed by atoms with Crippen molar-refractivity contribution in [3.05, 3.63) is 82.3 Å². The first-order valence-electron chi connectivity index (χ1n) is 9.50. The van der Waals surface area contributed by atoms with E-state index in [4.69, 9.17) is 4.74 Å². The van der Waals surface area contributed by atoms with Crippen molar-refractivity contribution >= 4 is 43.2 Å². The van der Waals surface area contributed by atoms with Gasteiger partial charge in [0.1, 0.15) is 17.2 Å². The SMILES string of the molecule is COc1ccc(C)cc1S(=O)(=O)N(CC(=O)Nc1ccc(Br)cc1)c1ccc(C)cc1. The number of ether oxygens (including phenoxy) is 1. The standard InChI is InChI=1S/C23H23BrN2O4S/c1-16-4-11-20(12-5-16)26(15-23(27)25-19-9-7-18(24)8-10-19)31(28,29)22-14-17(2)6-13-21(22)30-3/h4-14H,15H2,1-3H3,(H,25,27). The maximum Gasteiger partial charge on any atom is 0.268 e. The van der Waals surface area contributed by atoms with Crippen LogP contribution < -0.4 is 14.4 Å². The van der Waals surface area contributed by atoms with E-state index in [9.17, 15) is 13.2 Å². The highest BCUT2D eigenvalue weighted by Gasteiger charge is 2.30. The summed E-state index contributed by atoms with van der Waals surface area (Å²) in [5, 5.41) is 2.75. The number of rotatable bonds is 7. The van der Waals surface area contributed by atoms with Crippen LogP contribution in [-0.4, -0.2) is 28.0 Å². The van der Waals surface area contributed by atoms with Crippen molar-refractivity contribution in [1.82, 2.24) is 0 Å². The van der Waals surface area contributed by atoms with Gasteiger partial charge in [0.2, 0.25) is 5.91 Å². The lowest BCUT2D eigenvalue weighted by Gasteiger charge is -2.25. The van der Waals surface area contributed by atoms with Crippen LogP contribution in [-0.2, 0) is 14.8 Å². The Bertz CT molecular complexity index is 1180. The first-order valence-corrected chi connectivity index (χ1v) is 11.7. The quantitative estimate of drug-likeness (QED) is 0.497. The monoisotopic (exact) mass is 502 g/mol. The average molecular weight is 503 g/mol. The second-order valence-electron chi connectivity index (χ2n) is 7.06. The molecule has 0 aliphatic rings. The van der Waals surface area contributed by atoms with Gasteiger partial charge in [0.15, 0.2) is 0 Å². The van der Waals surface area contributed by atoms with Gasteiger partial charge in [-0.1, -0.05) is 39.7 Å². The van der Waals surface area contributed by atoms with Gasteiger partial charge in [-0.3, -0.25) is 9.10 Å². The van der Waals surface area contributed by atoms with Gasteiger partial charge in [0.25, 0.3) is 10.0 Å². The fourth-order valence-corrected chi connectivity index (χ4v) is 4.92. The summed E-state index contributed by atoms with van der Waals surface area (Å²) in [7, 11) is -2.67. The van der Waals surface area contributed by atoms with Crippen molar-refractivity contribution in [1.29, 1.82) is 0 Å². The first-order chi connectivity index (χ1) is 14.7. The summed E-state index contributed by atoms with van der Waals surface area (Å²) >= 11 is 3.35. The molecule has 3 aromatic carbocycles. The number of methoxy groups -OCH3 is 1. The van der Waals surface area contributed by atoms with Gasteiger partial charge >= 0.3 is 0 Å². The van der Waals surface area contributed by atoms with E-state index in [-0.39, 0.29) is 10.6 Å². The number of hydrogen-bond donors (Lipinski definition) is 1. The van der Waals surface area contributed by atoms with Crippen molar-refractivity contribution in [2.45, 2.75) is 18.7 Å². The Labute approximate surface area is 191 Å². The molecular formula is C23H23BrN2O4S. The third-order valence-corrected chi connectivity index (χ3v) is 6.95. The molecule has 162 valence electrons. The normalized spacial score (nSPS) is 11.1. The van der Waals surface area contributed by atoms with Gasteiger partial charge in [0.05, 0.1) is 12.8 Å². The third kappa shape index (κ3) is 5.45. The second-order valence-corrected chi connectivity index (χ2v) is 9.80.